The highest BCUT2D eigenvalue weighted by Crippen LogP contribution is 2.67. The number of nitrogens with zero attached hydrogens (tertiary/aromatic N) is 2. The standard InChI is InChI=1S/C45H26N2/c1-4-18-37-31(13-1)32-14-2-5-19-38(32)45(37)39-20-6-3-15-34(39)44-40(45)23-36-33-16-7-10-27-11-8-17-35(41(27)33)43(36)42(44)30-22-29(25-47-26-30)28-12-9-21-46-24-28/h1-26H. The van der Waals surface area contributed by atoms with E-state index in [1.54, 1.807) is 0 Å². The van der Waals surface area contributed by atoms with Crippen LogP contribution in [-0.2, 0) is 5.41 Å². The molecular formula is C45H26N2. The van der Waals surface area contributed by atoms with Gasteiger partial charge in [0, 0.05) is 41.5 Å². The van der Waals surface area contributed by atoms with Crippen molar-refractivity contribution in [2.45, 2.75) is 5.41 Å². The second kappa shape index (κ2) is 8.99. The molecule has 0 amide bonds. The largest absolute Gasteiger partial charge is 0.264 e. The van der Waals surface area contributed by atoms with E-state index in [9.17, 15) is 0 Å². The Hall–Kier alpha value is -6.12. The molecule has 0 aliphatic heterocycles. The Morgan fingerprint density at radius 3 is 1.70 bits per heavy atom. The van der Waals surface area contributed by atoms with Crippen LogP contribution in [0.2, 0.25) is 0 Å². The molecular weight excluding hydrogens is 569 g/mol. The smallest absolute Gasteiger partial charge is 0.0725 e. The van der Waals surface area contributed by atoms with Crippen molar-refractivity contribution < 1.29 is 0 Å². The summed E-state index contributed by atoms with van der Waals surface area (Å²) in [6, 6.07) is 49.7. The van der Waals surface area contributed by atoms with Gasteiger partial charge in [0.25, 0.3) is 0 Å². The third-order valence-corrected chi connectivity index (χ3v) is 10.8. The van der Waals surface area contributed by atoms with Gasteiger partial charge in [-0.2, -0.15) is 0 Å². The van der Waals surface area contributed by atoms with Crippen molar-refractivity contribution in [2.24, 2.45) is 0 Å². The summed E-state index contributed by atoms with van der Waals surface area (Å²) >= 11 is 0. The topological polar surface area (TPSA) is 25.8 Å². The molecule has 2 heteroatoms. The van der Waals surface area contributed by atoms with Gasteiger partial charge in [0.15, 0.2) is 0 Å². The number of hydrogen-bond donors (Lipinski definition) is 0. The van der Waals surface area contributed by atoms with Gasteiger partial charge in [-0.25, -0.2) is 0 Å². The molecule has 0 N–H and O–H groups in total. The van der Waals surface area contributed by atoms with Crippen molar-refractivity contribution in [1.82, 2.24) is 9.97 Å². The Morgan fingerprint density at radius 1 is 0.362 bits per heavy atom. The molecule has 47 heavy (non-hydrogen) atoms. The molecule has 2 aromatic heterocycles. The third kappa shape index (κ3) is 3.05. The van der Waals surface area contributed by atoms with E-state index in [0.29, 0.717) is 0 Å². The van der Waals surface area contributed by atoms with Gasteiger partial charge < -0.3 is 0 Å². The van der Waals surface area contributed by atoms with Gasteiger partial charge in [-0.05, 0) is 101 Å². The predicted molar refractivity (Wildman–Crippen MR) is 191 cm³/mol. The lowest BCUT2D eigenvalue weighted by atomic mass is 9.69. The summed E-state index contributed by atoms with van der Waals surface area (Å²) in [6.07, 6.45) is 7.76. The van der Waals surface area contributed by atoms with Crippen LogP contribution in [0, 0.1) is 0 Å². The number of benzene rings is 6. The van der Waals surface area contributed by atoms with Crippen molar-refractivity contribution in [3.8, 4) is 66.8 Å². The highest BCUT2D eigenvalue weighted by atomic mass is 14.6. The molecule has 0 atom stereocenters. The molecule has 216 valence electrons. The van der Waals surface area contributed by atoms with Gasteiger partial charge in [0.2, 0.25) is 0 Å². The maximum atomic E-state index is 4.88. The lowest BCUT2D eigenvalue weighted by Crippen LogP contribution is -2.26. The van der Waals surface area contributed by atoms with Crippen molar-refractivity contribution in [2.75, 3.05) is 0 Å². The van der Waals surface area contributed by atoms with E-state index in [0.717, 1.165) is 16.7 Å². The van der Waals surface area contributed by atoms with Gasteiger partial charge in [0.1, 0.15) is 0 Å². The Balaban J connectivity index is 1.35. The molecule has 0 saturated heterocycles. The molecule has 0 fully saturated rings. The molecule has 3 aliphatic rings. The maximum absolute atomic E-state index is 4.88. The lowest BCUT2D eigenvalue weighted by molar-refractivity contribution is 0.794. The molecule has 11 rings (SSSR count). The minimum absolute atomic E-state index is 0.431. The van der Waals surface area contributed by atoms with Crippen molar-refractivity contribution in [3.05, 3.63) is 181 Å². The van der Waals surface area contributed by atoms with E-state index < -0.39 is 5.41 Å². The Labute approximate surface area is 272 Å². The van der Waals surface area contributed by atoms with E-state index in [1.807, 2.05) is 24.7 Å². The fourth-order valence-electron chi connectivity index (χ4n) is 9.07. The molecule has 1 spiro atoms. The number of aromatic nitrogens is 2. The highest BCUT2D eigenvalue weighted by molar-refractivity contribution is 6.21. The lowest BCUT2D eigenvalue weighted by Gasteiger charge is -2.31. The van der Waals surface area contributed by atoms with Crippen LogP contribution < -0.4 is 0 Å². The summed E-state index contributed by atoms with van der Waals surface area (Å²) in [5.41, 5.74) is 19.9. The molecule has 2 heterocycles. The average Bonchev–Trinajstić information content (AvgIpc) is 3.74. The fraction of sp³-hybridized carbons (Fsp3) is 0.0222. The molecule has 0 radical (unpaired) electrons. The molecule has 3 aliphatic carbocycles. The Kier molecular flexibility index (Phi) is 4.80. The van der Waals surface area contributed by atoms with E-state index in [1.165, 1.54) is 83.1 Å². The summed E-state index contributed by atoms with van der Waals surface area (Å²) in [4.78, 5) is 9.30. The van der Waals surface area contributed by atoms with E-state index in [4.69, 9.17) is 4.98 Å². The van der Waals surface area contributed by atoms with Gasteiger partial charge in [-0.1, -0.05) is 115 Å². The van der Waals surface area contributed by atoms with Crippen LogP contribution in [0.3, 0.4) is 0 Å². The number of pyridine rings is 2. The second-order valence-electron chi connectivity index (χ2n) is 12.9. The molecule has 8 aromatic rings. The SMILES string of the molecule is c1cncc(-c2cncc(-c3c4c(cc5c3-c3ccccc3C53c5ccccc5-c5ccccc53)-c3cccc5cccc-4c35)c2)c1. The van der Waals surface area contributed by atoms with Gasteiger partial charge >= 0.3 is 0 Å². The van der Waals surface area contributed by atoms with Crippen molar-refractivity contribution >= 4 is 10.8 Å². The molecule has 2 nitrogen and oxygen atoms in total. The van der Waals surface area contributed by atoms with Crippen LogP contribution in [0.25, 0.3) is 77.5 Å². The Bertz CT molecular complexity index is 2580. The number of fused-ring (bicyclic) bond motifs is 13. The molecule has 0 bridgehead atoms. The van der Waals surface area contributed by atoms with Crippen molar-refractivity contribution in [1.29, 1.82) is 0 Å². The van der Waals surface area contributed by atoms with Crippen molar-refractivity contribution in [3.63, 3.8) is 0 Å². The first-order chi connectivity index (χ1) is 23.3. The van der Waals surface area contributed by atoms with E-state index in [2.05, 4.69) is 139 Å². The highest BCUT2D eigenvalue weighted by Gasteiger charge is 2.53. The zero-order chi connectivity index (χ0) is 30.7. The minimum Gasteiger partial charge on any atom is -0.264 e. The van der Waals surface area contributed by atoms with Crippen LogP contribution >= 0.6 is 0 Å². The Morgan fingerprint density at radius 2 is 0.979 bits per heavy atom. The monoisotopic (exact) mass is 594 g/mol. The summed E-state index contributed by atoms with van der Waals surface area (Å²) in [5, 5.41) is 2.61. The third-order valence-electron chi connectivity index (χ3n) is 10.8. The normalized spacial score (nSPS) is 13.7. The van der Waals surface area contributed by atoms with Crippen LogP contribution in [0.1, 0.15) is 22.3 Å². The predicted octanol–water partition coefficient (Wildman–Crippen LogP) is 11.0. The zero-order valence-corrected chi connectivity index (χ0v) is 25.4. The first-order valence-corrected chi connectivity index (χ1v) is 16.2. The average molecular weight is 595 g/mol. The first-order valence-electron chi connectivity index (χ1n) is 16.2. The van der Waals surface area contributed by atoms with Gasteiger partial charge in [-0.3, -0.25) is 9.97 Å². The summed E-state index contributed by atoms with van der Waals surface area (Å²) < 4.78 is 0. The number of rotatable bonds is 2. The quantitative estimate of drug-likeness (QED) is 0.199. The van der Waals surface area contributed by atoms with Crippen LogP contribution in [-0.4, -0.2) is 9.97 Å². The maximum Gasteiger partial charge on any atom is 0.0725 e. The van der Waals surface area contributed by atoms with Crippen LogP contribution in [0.4, 0.5) is 0 Å². The first kappa shape index (κ1) is 25.1. The van der Waals surface area contributed by atoms with E-state index in [-0.39, 0.29) is 0 Å². The minimum atomic E-state index is -0.431. The second-order valence-corrected chi connectivity index (χ2v) is 12.9. The zero-order valence-electron chi connectivity index (χ0n) is 25.4. The molecule has 0 saturated carbocycles. The van der Waals surface area contributed by atoms with Crippen LogP contribution in [0.15, 0.2) is 158 Å². The molecule has 6 aromatic carbocycles. The van der Waals surface area contributed by atoms with E-state index >= 15 is 0 Å². The summed E-state index contributed by atoms with van der Waals surface area (Å²) in [5.74, 6) is 0. The van der Waals surface area contributed by atoms with Gasteiger partial charge in [0.05, 0.1) is 5.41 Å². The molecule has 0 unspecified atom stereocenters. The van der Waals surface area contributed by atoms with Gasteiger partial charge in [-0.15, -0.1) is 0 Å². The summed E-state index contributed by atoms with van der Waals surface area (Å²) in [7, 11) is 0. The summed E-state index contributed by atoms with van der Waals surface area (Å²) in [6.45, 7) is 0. The fourth-order valence-corrected chi connectivity index (χ4v) is 9.07. The number of hydrogen-bond acceptors (Lipinski definition) is 2. The van der Waals surface area contributed by atoms with Crippen LogP contribution in [0.5, 0.6) is 0 Å².